The number of rotatable bonds is 8. The normalized spacial score (nSPS) is 11.3. The highest BCUT2D eigenvalue weighted by Crippen LogP contribution is 2.34. The molecule has 0 N–H and O–H groups in total. The van der Waals surface area contributed by atoms with Crippen LogP contribution in [0.5, 0.6) is 0 Å². The molecule has 0 saturated heterocycles. The highest BCUT2D eigenvalue weighted by atomic mass is 32.2. The van der Waals surface area contributed by atoms with Crippen molar-refractivity contribution in [2.45, 2.75) is 16.2 Å². The van der Waals surface area contributed by atoms with Crippen LogP contribution in [0.3, 0.4) is 0 Å². The van der Waals surface area contributed by atoms with Gasteiger partial charge >= 0.3 is 0 Å². The maximum Gasteiger partial charge on any atom is 0.233 e. The lowest BCUT2D eigenvalue weighted by atomic mass is 10.1. The maximum atomic E-state index is 13.2. The van der Waals surface area contributed by atoms with Crippen LogP contribution in [-0.2, 0) is 11.2 Å². The molecule has 0 fully saturated rings. The van der Waals surface area contributed by atoms with Gasteiger partial charge in [-0.15, -0.1) is 23.5 Å². The molecule has 0 radical (unpaired) electrons. The Kier molecular flexibility index (Phi) is 7.40. The molecule has 0 unspecified atom stereocenters. The zero-order valence-corrected chi connectivity index (χ0v) is 19.1. The van der Waals surface area contributed by atoms with Crippen LogP contribution in [0.1, 0.15) is 5.56 Å². The summed E-state index contributed by atoms with van der Waals surface area (Å²) >= 11 is 4.98. The average Bonchev–Trinajstić information content (AvgIpc) is 3.12. The van der Waals surface area contributed by atoms with E-state index in [9.17, 15) is 4.79 Å². The minimum atomic E-state index is 0.0866. The second kappa shape index (κ2) is 9.78. The number of carbonyl (C=O) groups is 1. The van der Waals surface area contributed by atoms with Gasteiger partial charge in [0, 0.05) is 22.9 Å². The first-order valence-corrected chi connectivity index (χ1v) is 12.3. The minimum absolute atomic E-state index is 0.0866. The number of benzene rings is 2. The van der Waals surface area contributed by atoms with E-state index in [1.807, 2.05) is 31.1 Å². The standard InChI is InChI=1S/C21H25N3OS3/c1-23(2)12-13-24(19(25)14-15-8-10-16(26-3)11-9-15)21-22-20-17(27-4)6-5-7-18(20)28-21/h5-11H,12-14H2,1-4H3. The van der Waals surface area contributed by atoms with E-state index >= 15 is 0 Å². The monoisotopic (exact) mass is 431 g/mol. The molecular formula is C21H25N3OS3. The summed E-state index contributed by atoms with van der Waals surface area (Å²) in [7, 11) is 4.04. The van der Waals surface area contributed by atoms with Gasteiger partial charge in [-0.05, 0) is 56.4 Å². The van der Waals surface area contributed by atoms with Crippen molar-refractivity contribution in [3.63, 3.8) is 0 Å². The van der Waals surface area contributed by atoms with E-state index < -0.39 is 0 Å². The van der Waals surface area contributed by atoms with E-state index in [1.54, 1.807) is 34.9 Å². The second-order valence-corrected chi connectivity index (χ2v) is 9.41. The summed E-state index contributed by atoms with van der Waals surface area (Å²) in [6.07, 6.45) is 4.49. The van der Waals surface area contributed by atoms with E-state index in [0.29, 0.717) is 13.0 Å². The molecule has 0 aliphatic rings. The molecule has 0 aliphatic heterocycles. The van der Waals surface area contributed by atoms with Crippen molar-refractivity contribution >= 4 is 56.1 Å². The fraction of sp³-hybridized carbons (Fsp3) is 0.333. The number of anilines is 1. The lowest BCUT2D eigenvalue weighted by molar-refractivity contribution is -0.118. The molecule has 148 valence electrons. The molecule has 0 saturated carbocycles. The van der Waals surface area contributed by atoms with Crippen LogP contribution >= 0.6 is 34.9 Å². The van der Waals surface area contributed by atoms with Crippen LogP contribution in [0.2, 0.25) is 0 Å². The lowest BCUT2D eigenvalue weighted by Gasteiger charge is -2.22. The van der Waals surface area contributed by atoms with Gasteiger partial charge in [-0.2, -0.15) is 0 Å². The Bertz CT molecular complexity index is 938. The summed E-state index contributed by atoms with van der Waals surface area (Å²) in [4.78, 5) is 24.3. The maximum absolute atomic E-state index is 13.2. The topological polar surface area (TPSA) is 36.4 Å². The Labute approximate surface area is 179 Å². The molecule has 1 amide bonds. The molecule has 3 aromatic rings. The molecule has 0 bridgehead atoms. The van der Waals surface area contributed by atoms with Gasteiger partial charge in [-0.25, -0.2) is 4.98 Å². The number of hydrogen-bond acceptors (Lipinski definition) is 6. The largest absolute Gasteiger partial charge is 0.308 e. The number of aromatic nitrogens is 1. The van der Waals surface area contributed by atoms with Gasteiger partial charge in [-0.1, -0.05) is 29.5 Å². The Morgan fingerprint density at radius 2 is 1.79 bits per heavy atom. The van der Waals surface area contributed by atoms with Crippen LogP contribution in [0, 0.1) is 0 Å². The molecule has 28 heavy (non-hydrogen) atoms. The van der Waals surface area contributed by atoms with Crippen molar-refractivity contribution in [2.24, 2.45) is 0 Å². The second-order valence-electron chi connectivity index (χ2n) is 6.68. The van der Waals surface area contributed by atoms with Gasteiger partial charge in [0.2, 0.25) is 5.91 Å². The van der Waals surface area contributed by atoms with E-state index in [0.717, 1.165) is 32.4 Å². The summed E-state index contributed by atoms with van der Waals surface area (Å²) in [5.41, 5.74) is 2.02. The van der Waals surface area contributed by atoms with Gasteiger partial charge in [-0.3, -0.25) is 9.69 Å². The minimum Gasteiger partial charge on any atom is -0.308 e. The first kappa shape index (κ1) is 21.2. The van der Waals surface area contributed by atoms with Crippen LogP contribution in [0.15, 0.2) is 52.3 Å². The number of carbonyl (C=O) groups excluding carboxylic acids is 1. The summed E-state index contributed by atoms with van der Waals surface area (Å²) in [6.45, 7) is 1.42. The zero-order valence-electron chi connectivity index (χ0n) is 16.6. The number of hydrogen-bond donors (Lipinski definition) is 0. The first-order chi connectivity index (χ1) is 13.5. The SMILES string of the molecule is CSc1ccc(CC(=O)N(CCN(C)C)c2nc3c(SC)cccc3s2)cc1. The molecular weight excluding hydrogens is 406 g/mol. The predicted molar refractivity (Wildman–Crippen MR) is 124 cm³/mol. The van der Waals surface area contributed by atoms with Crippen molar-refractivity contribution in [2.75, 3.05) is 44.6 Å². The van der Waals surface area contributed by atoms with Crippen LogP contribution in [0.4, 0.5) is 5.13 Å². The van der Waals surface area contributed by atoms with Crippen LogP contribution in [0.25, 0.3) is 10.2 Å². The highest BCUT2D eigenvalue weighted by molar-refractivity contribution is 7.99. The molecule has 0 aliphatic carbocycles. The van der Waals surface area contributed by atoms with E-state index in [1.165, 1.54) is 4.90 Å². The Morgan fingerprint density at radius 1 is 1.04 bits per heavy atom. The number of amides is 1. The molecule has 0 spiro atoms. The van der Waals surface area contributed by atoms with E-state index in [2.05, 4.69) is 47.7 Å². The molecule has 2 aromatic carbocycles. The highest BCUT2D eigenvalue weighted by Gasteiger charge is 2.21. The molecule has 0 atom stereocenters. The van der Waals surface area contributed by atoms with Crippen molar-refractivity contribution < 1.29 is 4.79 Å². The summed E-state index contributed by atoms with van der Waals surface area (Å²) in [5.74, 6) is 0.0866. The fourth-order valence-electron chi connectivity index (χ4n) is 2.83. The third-order valence-corrected chi connectivity index (χ3v) is 6.96. The number of nitrogens with zero attached hydrogens (tertiary/aromatic N) is 3. The molecule has 3 rings (SSSR count). The number of thiazole rings is 1. The number of likely N-dealkylation sites (N-methyl/N-ethyl adjacent to an activating group) is 1. The molecule has 1 aromatic heterocycles. The zero-order chi connectivity index (χ0) is 20.1. The van der Waals surface area contributed by atoms with Gasteiger partial charge in [0.05, 0.1) is 16.6 Å². The quantitative estimate of drug-likeness (QED) is 0.475. The van der Waals surface area contributed by atoms with E-state index in [-0.39, 0.29) is 5.91 Å². The third-order valence-electron chi connectivity index (χ3n) is 4.41. The van der Waals surface area contributed by atoms with E-state index in [4.69, 9.17) is 4.98 Å². The van der Waals surface area contributed by atoms with Gasteiger partial charge in [0.1, 0.15) is 0 Å². The third kappa shape index (κ3) is 5.08. The Hall–Kier alpha value is -1.54. The van der Waals surface area contributed by atoms with Gasteiger partial charge in [0.15, 0.2) is 5.13 Å². The smallest absolute Gasteiger partial charge is 0.233 e. The van der Waals surface area contributed by atoms with Crippen molar-refractivity contribution in [3.8, 4) is 0 Å². The van der Waals surface area contributed by atoms with Crippen molar-refractivity contribution in [3.05, 3.63) is 48.0 Å². The summed E-state index contributed by atoms with van der Waals surface area (Å²) in [5, 5.41) is 0.782. The molecule has 4 nitrogen and oxygen atoms in total. The average molecular weight is 432 g/mol. The Morgan fingerprint density at radius 3 is 2.43 bits per heavy atom. The fourth-order valence-corrected chi connectivity index (χ4v) is 4.90. The van der Waals surface area contributed by atoms with Gasteiger partial charge < -0.3 is 4.90 Å². The summed E-state index contributed by atoms with van der Waals surface area (Å²) in [6, 6.07) is 14.4. The van der Waals surface area contributed by atoms with Crippen LogP contribution < -0.4 is 4.90 Å². The summed E-state index contributed by atoms with van der Waals surface area (Å²) < 4.78 is 1.12. The molecule has 1 heterocycles. The number of thioether (sulfide) groups is 2. The number of fused-ring (bicyclic) bond motifs is 1. The molecule has 7 heteroatoms. The predicted octanol–water partition coefficient (Wildman–Crippen LogP) is 4.88. The van der Waals surface area contributed by atoms with Gasteiger partial charge in [0.25, 0.3) is 0 Å². The lowest BCUT2D eigenvalue weighted by Crippen LogP contribution is -2.37. The van der Waals surface area contributed by atoms with Crippen molar-refractivity contribution in [1.29, 1.82) is 0 Å². The first-order valence-electron chi connectivity index (χ1n) is 9.03. The van der Waals surface area contributed by atoms with Crippen molar-refractivity contribution in [1.82, 2.24) is 9.88 Å². The Balaban J connectivity index is 1.88. The number of para-hydroxylation sites is 1. The van der Waals surface area contributed by atoms with Crippen LogP contribution in [-0.4, -0.2) is 55.5 Å².